The standard InChI is InChI=1S/C20H18FNO/c1-14-8-10-17(12-19(14)21)18-11-9-15(2)22-20(18)23-13-16-6-4-3-5-7-16/h3-12H,13H2,1-2H3. The Labute approximate surface area is 135 Å². The second kappa shape index (κ2) is 6.61. The van der Waals surface area contributed by atoms with Crippen molar-refractivity contribution in [3.8, 4) is 17.0 Å². The number of hydrogen-bond donors (Lipinski definition) is 0. The van der Waals surface area contributed by atoms with Gasteiger partial charge in [-0.15, -0.1) is 0 Å². The van der Waals surface area contributed by atoms with Gasteiger partial charge in [0.25, 0.3) is 0 Å². The zero-order valence-electron chi connectivity index (χ0n) is 13.2. The molecule has 0 N–H and O–H groups in total. The van der Waals surface area contributed by atoms with Crippen molar-refractivity contribution in [2.75, 3.05) is 0 Å². The number of ether oxygens (including phenoxy) is 1. The molecule has 0 spiro atoms. The molecule has 0 aliphatic heterocycles. The molecule has 0 aliphatic carbocycles. The highest BCUT2D eigenvalue weighted by Crippen LogP contribution is 2.30. The van der Waals surface area contributed by atoms with E-state index in [1.807, 2.05) is 55.5 Å². The molecule has 3 rings (SSSR count). The molecule has 0 unspecified atom stereocenters. The highest BCUT2D eigenvalue weighted by atomic mass is 19.1. The summed E-state index contributed by atoms with van der Waals surface area (Å²) in [7, 11) is 0. The second-order valence-corrected chi connectivity index (χ2v) is 5.54. The van der Waals surface area contributed by atoms with Crippen LogP contribution in [0, 0.1) is 19.7 Å². The van der Waals surface area contributed by atoms with Crippen LogP contribution in [0.4, 0.5) is 4.39 Å². The van der Waals surface area contributed by atoms with Crippen LogP contribution in [0.3, 0.4) is 0 Å². The smallest absolute Gasteiger partial charge is 0.221 e. The number of benzene rings is 2. The second-order valence-electron chi connectivity index (χ2n) is 5.54. The Hall–Kier alpha value is -2.68. The lowest BCUT2D eigenvalue weighted by Crippen LogP contribution is -2.00. The van der Waals surface area contributed by atoms with Crippen LogP contribution < -0.4 is 4.74 Å². The third kappa shape index (κ3) is 3.57. The van der Waals surface area contributed by atoms with Gasteiger partial charge in [-0.05, 0) is 48.7 Å². The summed E-state index contributed by atoms with van der Waals surface area (Å²) in [4.78, 5) is 4.47. The fraction of sp³-hybridized carbons (Fsp3) is 0.150. The number of aromatic nitrogens is 1. The van der Waals surface area contributed by atoms with E-state index < -0.39 is 0 Å². The fourth-order valence-corrected chi connectivity index (χ4v) is 2.35. The Balaban J connectivity index is 1.92. The topological polar surface area (TPSA) is 22.1 Å². The maximum Gasteiger partial charge on any atom is 0.221 e. The third-order valence-electron chi connectivity index (χ3n) is 3.70. The van der Waals surface area contributed by atoms with Crippen LogP contribution in [0.1, 0.15) is 16.8 Å². The molecule has 1 heterocycles. The number of halogens is 1. The first-order valence-corrected chi connectivity index (χ1v) is 7.54. The molecular weight excluding hydrogens is 289 g/mol. The minimum Gasteiger partial charge on any atom is -0.472 e. The molecule has 0 saturated heterocycles. The summed E-state index contributed by atoms with van der Waals surface area (Å²) < 4.78 is 19.8. The summed E-state index contributed by atoms with van der Waals surface area (Å²) in [6, 6.07) is 18.9. The number of nitrogens with zero attached hydrogens (tertiary/aromatic N) is 1. The van der Waals surface area contributed by atoms with Crippen molar-refractivity contribution < 1.29 is 9.13 Å². The van der Waals surface area contributed by atoms with E-state index in [1.54, 1.807) is 13.0 Å². The SMILES string of the molecule is Cc1ccc(-c2ccc(C)c(F)c2)c(OCc2ccccc2)n1. The Morgan fingerprint density at radius 3 is 2.48 bits per heavy atom. The van der Waals surface area contributed by atoms with Crippen LogP contribution in [0.2, 0.25) is 0 Å². The predicted octanol–water partition coefficient (Wildman–Crippen LogP) is 5.08. The molecule has 2 aromatic carbocycles. The first-order chi connectivity index (χ1) is 11.1. The van der Waals surface area contributed by atoms with Gasteiger partial charge in [0.1, 0.15) is 12.4 Å². The molecular formula is C20H18FNO. The largest absolute Gasteiger partial charge is 0.472 e. The van der Waals surface area contributed by atoms with Crippen LogP contribution in [-0.2, 0) is 6.61 Å². The van der Waals surface area contributed by atoms with Gasteiger partial charge in [-0.1, -0.05) is 42.5 Å². The zero-order chi connectivity index (χ0) is 16.2. The Morgan fingerprint density at radius 2 is 1.74 bits per heavy atom. The molecule has 0 radical (unpaired) electrons. The van der Waals surface area contributed by atoms with Gasteiger partial charge < -0.3 is 4.74 Å². The van der Waals surface area contributed by atoms with Gasteiger partial charge >= 0.3 is 0 Å². The molecule has 116 valence electrons. The molecule has 2 nitrogen and oxygen atoms in total. The van der Waals surface area contributed by atoms with Crippen LogP contribution in [0.25, 0.3) is 11.1 Å². The minimum atomic E-state index is -0.225. The van der Waals surface area contributed by atoms with Crippen LogP contribution in [0.15, 0.2) is 60.7 Å². The van der Waals surface area contributed by atoms with Crippen molar-refractivity contribution >= 4 is 0 Å². The molecule has 3 heteroatoms. The summed E-state index contributed by atoms with van der Waals surface area (Å²) in [5, 5.41) is 0. The average molecular weight is 307 g/mol. The lowest BCUT2D eigenvalue weighted by Gasteiger charge is -2.12. The Kier molecular flexibility index (Phi) is 4.38. The lowest BCUT2D eigenvalue weighted by atomic mass is 10.0. The van der Waals surface area contributed by atoms with E-state index in [4.69, 9.17) is 4.74 Å². The Bertz CT molecular complexity index is 815. The summed E-state index contributed by atoms with van der Waals surface area (Å²) in [5.74, 6) is 0.300. The monoisotopic (exact) mass is 307 g/mol. The van der Waals surface area contributed by atoms with E-state index in [-0.39, 0.29) is 5.82 Å². The summed E-state index contributed by atoms with van der Waals surface area (Å²) in [6.45, 7) is 4.09. The van der Waals surface area contributed by atoms with Gasteiger partial charge in [-0.2, -0.15) is 0 Å². The maximum absolute atomic E-state index is 13.9. The van der Waals surface area contributed by atoms with E-state index >= 15 is 0 Å². The van der Waals surface area contributed by atoms with E-state index in [1.165, 1.54) is 6.07 Å². The van der Waals surface area contributed by atoms with Crippen molar-refractivity contribution in [1.82, 2.24) is 4.98 Å². The van der Waals surface area contributed by atoms with Gasteiger partial charge in [0, 0.05) is 11.3 Å². The quantitative estimate of drug-likeness (QED) is 0.670. The molecule has 0 aliphatic rings. The fourth-order valence-electron chi connectivity index (χ4n) is 2.35. The van der Waals surface area contributed by atoms with Crippen molar-refractivity contribution in [1.29, 1.82) is 0 Å². The summed E-state index contributed by atoms with van der Waals surface area (Å²) in [5.41, 5.74) is 4.12. The van der Waals surface area contributed by atoms with E-state index in [0.29, 0.717) is 18.1 Å². The predicted molar refractivity (Wildman–Crippen MR) is 89.9 cm³/mol. The van der Waals surface area contributed by atoms with Gasteiger partial charge in [0.05, 0.1) is 0 Å². The van der Waals surface area contributed by atoms with Crippen molar-refractivity contribution in [3.63, 3.8) is 0 Å². The van der Waals surface area contributed by atoms with Crippen LogP contribution >= 0.6 is 0 Å². The van der Waals surface area contributed by atoms with Gasteiger partial charge in [0.2, 0.25) is 5.88 Å². The summed E-state index contributed by atoms with van der Waals surface area (Å²) >= 11 is 0. The maximum atomic E-state index is 13.9. The van der Waals surface area contributed by atoms with E-state index in [9.17, 15) is 4.39 Å². The molecule has 0 atom stereocenters. The molecule has 0 amide bonds. The molecule has 23 heavy (non-hydrogen) atoms. The van der Waals surface area contributed by atoms with Crippen LogP contribution in [0.5, 0.6) is 5.88 Å². The average Bonchev–Trinajstić information content (AvgIpc) is 2.57. The van der Waals surface area contributed by atoms with Gasteiger partial charge in [-0.3, -0.25) is 0 Å². The highest BCUT2D eigenvalue weighted by Gasteiger charge is 2.10. The van der Waals surface area contributed by atoms with E-state index in [0.717, 1.165) is 22.4 Å². The van der Waals surface area contributed by atoms with Crippen molar-refractivity contribution in [2.24, 2.45) is 0 Å². The highest BCUT2D eigenvalue weighted by molar-refractivity contribution is 5.69. The van der Waals surface area contributed by atoms with Crippen molar-refractivity contribution in [3.05, 3.63) is 83.3 Å². The Morgan fingerprint density at radius 1 is 0.957 bits per heavy atom. The number of rotatable bonds is 4. The molecule has 0 saturated carbocycles. The number of aryl methyl sites for hydroxylation is 2. The number of pyridine rings is 1. The normalized spacial score (nSPS) is 10.6. The molecule has 1 aromatic heterocycles. The third-order valence-corrected chi connectivity index (χ3v) is 3.70. The minimum absolute atomic E-state index is 0.225. The van der Waals surface area contributed by atoms with Crippen molar-refractivity contribution in [2.45, 2.75) is 20.5 Å². The summed E-state index contributed by atoms with van der Waals surface area (Å²) in [6.07, 6.45) is 0. The zero-order valence-corrected chi connectivity index (χ0v) is 13.2. The first kappa shape index (κ1) is 15.2. The molecule has 3 aromatic rings. The van der Waals surface area contributed by atoms with E-state index in [2.05, 4.69) is 4.98 Å². The van der Waals surface area contributed by atoms with Gasteiger partial charge in [-0.25, -0.2) is 9.37 Å². The number of hydrogen-bond acceptors (Lipinski definition) is 2. The molecule has 0 fully saturated rings. The lowest BCUT2D eigenvalue weighted by molar-refractivity contribution is 0.295. The van der Waals surface area contributed by atoms with Gasteiger partial charge in [0.15, 0.2) is 0 Å². The molecule has 0 bridgehead atoms. The first-order valence-electron chi connectivity index (χ1n) is 7.54. The van der Waals surface area contributed by atoms with Crippen LogP contribution in [-0.4, -0.2) is 4.98 Å².